The molecule has 0 aromatic rings. The molecule has 0 radical (unpaired) electrons. The van der Waals surface area contributed by atoms with Crippen molar-refractivity contribution in [2.45, 2.75) is 26.2 Å². The monoisotopic (exact) mass is 252 g/mol. The molecule has 0 spiro atoms. The molecule has 6 heteroatoms. The van der Waals surface area contributed by atoms with Gasteiger partial charge >= 0.3 is 58.2 Å². The summed E-state index contributed by atoms with van der Waals surface area (Å²) >= 11 is 0. The number of rotatable bonds is 5. The predicted octanol–water partition coefficient (Wildman–Crippen LogP) is -2.34. The van der Waals surface area contributed by atoms with Gasteiger partial charge in [0.05, 0.1) is 6.61 Å². The summed E-state index contributed by atoms with van der Waals surface area (Å²) in [6.07, 6.45) is 2.48. The van der Waals surface area contributed by atoms with E-state index in [1.807, 2.05) is 6.92 Å². The van der Waals surface area contributed by atoms with E-state index in [1.54, 1.807) is 0 Å². The minimum Gasteiger partial charge on any atom is -0.726 e. The molecular weight excluding hydrogens is 242 g/mol. The maximum absolute atomic E-state index is 9.82. The van der Waals surface area contributed by atoms with Crippen molar-refractivity contribution in [3.8, 4) is 0 Å². The summed E-state index contributed by atoms with van der Waals surface area (Å²) in [4.78, 5) is 0. The number of unbranched alkanes of at least 4 members (excludes halogenated alkanes) is 2. The van der Waals surface area contributed by atoms with Crippen LogP contribution in [-0.4, -0.2) is 19.6 Å². The first-order valence-corrected chi connectivity index (χ1v) is 4.50. The normalized spacial score (nSPS) is 10.7. The molecule has 0 N–H and O–H groups in total. The van der Waals surface area contributed by atoms with Crippen molar-refractivity contribution in [1.82, 2.24) is 0 Å². The number of hydrogen-bond acceptors (Lipinski definition) is 4. The molecule has 11 heavy (non-hydrogen) atoms. The van der Waals surface area contributed by atoms with Crippen molar-refractivity contribution in [2.75, 3.05) is 6.61 Å². The predicted molar refractivity (Wildman–Crippen MR) is 35.2 cm³/mol. The van der Waals surface area contributed by atoms with Gasteiger partial charge in [0.15, 0.2) is 0 Å². The fourth-order valence-corrected chi connectivity index (χ4v) is 0.835. The minimum absolute atomic E-state index is 0. The quantitative estimate of drug-likeness (QED) is 0.312. The van der Waals surface area contributed by atoms with Crippen LogP contribution in [0.3, 0.4) is 0 Å². The van der Waals surface area contributed by atoms with Crippen LogP contribution in [0, 0.1) is 0 Å². The maximum Gasteiger partial charge on any atom is 1.00 e. The summed E-state index contributed by atoms with van der Waals surface area (Å²) in [5.74, 6) is 0. The third-order valence-electron chi connectivity index (χ3n) is 0.976. The summed E-state index contributed by atoms with van der Waals surface area (Å²) in [5, 5.41) is 0. The van der Waals surface area contributed by atoms with Crippen LogP contribution in [0.1, 0.15) is 26.2 Å². The molecule has 0 aliphatic carbocycles. The average molecular weight is 253 g/mol. The van der Waals surface area contributed by atoms with Gasteiger partial charge < -0.3 is 4.55 Å². The van der Waals surface area contributed by atoms with Gasteiger partial charge in [-0.15, -0.1) is 0 Å². The molecule has 0 unspecified atom stereocenters. The first-order valence-electron chi connectivity index (χ1n) is 3.16. The molecule has 0 amide bonds. The van der Waals surface area contributed by atoms with Crippen LogP contribution in [0.4, 0.5) is 0 Å². The maximum atomic E-state index is 9.82. The Kier molecular flexibility index (Phi) is 11.4. The molecule has 62 valence electrons. The van der Waals surface area contributed by atoms with Gasteiger partial charge in [-0.05, 0) is 6.42 Å². The Morgan fingerprint density at radius 3 is 2.27 bits per heavy atom. The average Bonchev–Trinajstić information content (AvgIpc) is 1.78. The Morgan fingerprint density at radius 2 is 1.91 bits per heavy atom. The van der Waals surface area contributed by atoms with E-state index in [0.717, 1.165) is 12.8 Å². The fourth-order valence-electron chi connectivity index (χ4n) is 0.513. The van der Waals surface area contributed by atoms with Gasteiger partial charge in [0, 0.05) is 0 Å². The second kappa shape index (κ2) is 8.28. The molecule has 0 aromatic heterocycles. The molecule has 0 aromatic carbocycles. The molecule has 0 saturated heterocycles. The summed E-state index contributed by atoms with van der Waals surface area (Å²) in [6.45, 7) is 1.99. The zero-order valence-corrected chi connectivity index (χ0v) is 12.6. The molecule has 0 atom stereocenters. The van der Waals surface area contributed by atoms with Crippen molar-refractivity contribution in [2.24, 2.45) is 0 Å². The van der Waals surface area contributed by atoms with E-state index in [2.05, 4.69) is 4.18 Å². The molecule has 0 rings (SSSR count). The first-order chi connectivity index (χ1) is 4.56. The Morgan fingerprint density at radius 1 is 1.36 bits per heavy atom. The largest absolute Gasteiger partial charge is 1.00 e. The molecule has 0 heterocycles. The third-order valence-corrected chi connectivity index (χ3v) is 1.43. The van der Waals surface area contributed by atoms with E-state index >= 15 is 0 Å². The van der Waals surface area contributed by atoms with Gasteiger partial charge in [0.2, 0.25) is 10.4 Å². The zero-order valence-electron chi connectivity index (χ0n) is 6.87. The van der Waals surface area contributed by atoms with Crippen molar-refractivity contribution in [3.05, 3.63) is 0 Å². The Labute approximate surface area is 116 Å². The third kappa shape index (κ3) is 14.5. The van der Waals surface area contributed by atoms with Crippen LogP contribution < -0.4 is 58.2 Å². The summed E-state index contributed by atoms with van der Waals surface area (Å²) in [6, 6.07) is 0. The van der Waals surface area contributed by atoms with Gasteiger partial charge in [-0.1, -0.05) is 19.8 Å². The molecule has 4 nitrogen and oxygen atoms in total. The summed E-state index contributed by atoms with van der Waals surface area (Å²) in [7, 11) is -4.45. The zero-order chi connectivity index (χ0) is 8.04. The van der Waals surface area contributed by atoms with Crippen molar-refractivity contribution in [3.63, 3.8) is 0 Å². The molecule has 0 aliphatic heterocycles. The van der Waals surface area contributed by atoms with E-state index in [0.29, 0.717) is 6.42 Å². The van der Waals surface area contributed by atoms with Crippen molar-refractivity contribution < 1.29 is 75.3 Å². The Hall–Kier alpha value is 1.68. The van der Waals surface area contributed by atoms with E-state index in [-0.39, 0.29) is 64.8 Å². The first kappa shape index (κ1) is 15.2. The van der Waals surface area contributed by atoms with Gasteiger partial charge in [0.1, 0.15) is 0 Å². The Balaban J connectivity index is 0. The summed E-state index contributed by atoms with van der Waals surface area (Å²) < 4.78 is 33.4. The molecular formula is C5H11O4RbS. The topological polar surface area (TPSA) is 66.4 Å². The van der Waals surface area contributed by atoms with E-state index in [4.69, 9.17) is 0 Å². The van der Waals surface area contributed by atoms with Crippen LogP contribution in [0.25, 0.3) is 0 Å². The van der Waals surface area contributed by atoms with Crippen molar-refractivity contribution >= 4 is 10.4 Å². The standard InChI is InChI=1S/C5H12O4S.Rb/c1-2-3-4-5-9-10(6,7)8;/h2-5H2,1H3,(H,6,7,8);/q;+1/p-1. The molecule has 0 bridgehead atoms. The molecule has 0 fully saturated rings. The van der Waals surface area contributed by atoms with Crippen LogP contribution >= 0.6 is 0 Å². The van der Waals surface area contributed by atoms with E-state index in [9.17, 15) is 13.0 Å². The SMILES string of the molecule is CCCCCOS(=O)(=O)[O-].[Rb+]. The van der Waals surface area contributed by atoms with Gasteiger partial charge in [-0.3, -0.25) is 4.18 Å². The summed E-state index contributed by atoms with van der Waals surface area (Å²) in [5.41, 5.74) is 0. The van der Waals surface area contributed by atoms with Gasteiger partial charge in [0.25, 0.3) is 0 Å². The second-order valence-corrected chi connectivity index (χ2v) is 2.99. The van der Waals surface area contributed by atoms with Gasteiger partial charge in [-0.25, -0.2) is 8.42 Å². The van der Waals surface area contributed by atoms with Crippen molar-refractivity contribution in [1.29, 1.82) is 0 Å². The van der Waals surface area contributed by atoms with Crippen LogP contribution in [0.15, 0.2) is 0 Å². The Bertz CT molecular complexity index is 165. The smallest absolute Gasteiger partial charge is 0.726 e. The van der Waals surface area contributed by atoms with Crippen LogP contribution in [0.5, 0.6) is 0 Å². The van der Waals surface area contributed by atoms with Crippen LogP contribution in [0.2, 0.25) is 0 Å². The second-order valence-electron chi connectivity index (χ2n) is 1.94. The minimum atomic E-state index is -4.45. The van der Waals surface area contributed by atoms with E-state index in [1.165, 1.54) is 0 Å². The van der Waals surface area contributed by atoms with Gasteiger partial charge in [-0.2, -0.15) is 0 Å². The fraction of sp³-hybridized carbons (Fsp3) is 1.00. The molecule has 0 aliphatic rings. The molecule has 0 saturated carbocycles. The van der Waals surface area contributed by atoms with E-state index < -0.39 is 10.4 Å². The number of hydrogen-bond donors (Lipinski definition) is 0. The van der Waals surface area contributed by atoms with Crippen LogP contribution in [-0.2, 0) is 14.6 Å².